The van der Waals surface area contributed by atoms with Crippen molar-refractivity contribution in [3.8, 4) is 0 Å². The minimum Gasteiger partial charge on any atom is -0.290 e. The fourth-order valence-electron chi connectivity index (χ4n) is 4.85. The summed E-state index contributed by atoms with van der Waals surface area (Å²) >= 11 is 0. The van der Waals surface area contributed by atoms with Gasteiger partial charge in [-0.3, -0.25) is 14.4 Å². The minimum atomic E-state index is -0.798. The molecule has 3 heteroatoms. The lowest BCUT2D eigenvalue weighted by atomic mass is 9.80. The number of fused-ring (bicyclic) bond motifs is 1. The third kappa shape index (κ3) is 2.52. The highest BCUT2D eigenvalue weighted by molar-refractivity contribution is 6.67. The quantitative estimate of drug-likeness (QED) is 0.756. The molecule has 0 aliphatic heterocycles. The van der Waals surface area contributed by atoms with Crippen molar-refractivity contribution in [1.82, 2.24) is 0 Å². The van der Waals surface area contributed by atoms with Gasteiger partial charge in [0, 0.05) is 18.3 Å². The number of benzene rings is 1. The van der Waals surface area contributed by atoms with Crippen LogP contribution in [0.3, 0.4) is 0 Å². The summed E-state index contributed by atoms with van der Waals surface area (Å²) in [6.07, 6.45) is 3.77. The lowest BCUT2D eigenvalue weighted by molar-refractivity contribution is -0.140. The highest BCUT2D eigenvalue weighted by Gasteiger charge is 2.48. The van der Waals surface area contributed by atoms with Gasteiger partial charge in [0.15, 0.2) is 0 Å². The lowest BCUT2D eigenvalue weighted by Crippen LogP contribution is -2.21. The third-order valence-electron chi connectivity index (χ3n) is 5.93. The predicted octanol–water partition coefficient (Wildman–Crippen LogP) is 4.21. The van der Waals surface area contributed by atoms with E-state index in [0.29, 0.717) is 0 Å². The Morgan fingerprint density at radius 3 is 2.12 bits per heavy atom. The molecule has 0 heterocycles. The zero-order chi connectivity index (χ0) is 18.3. The van der Waals surface area contributed by atoms with E-state index in [0.717, 1.165) is 31.2 Å². The smallest absolute Gasteiger partial charge is 0.264 e. The second-order valence-corrected chi connectivity index (χ2v) is 6.99. The van der Waals surface area contributed by atoms with E-state index in [1.54, 1.807) is 0 Å². The standard InChI is InChI=1S/C22H26O3/c1-5-12-9-10-16-19(13(12)6-2)14(7-3)15(8-4)20(16)17-11-18(23)22(25)21(17)24/h9-10,17,20H,5-8,11H2,1-4H3. The minimum absolute atomic E-state index is 0.0687. The Labute approximate surface area is 149 Å². The summed E-state index contributed by atoms with van der Waals surface area (Å²) in [7, 11) is 0. The molecule has 0 bridgehead atoms. The topological polar surface area (TPSA) is 51.2 Å². The SMILES string of the molecule is CCC1=C(CC)C(C2CC(=O)C(=O)C2=O)c2ccc(CC)c(CC)c21. The summed E-state index contributed by atoms with van der Waals surface area (Å²) in [5.74, 6) is -2.41. The molecule has 0 saturated heterocycles. The summed E-state index contributed by atoms with van der Waals surface area (Å²) in [6, 6.07) is 4.30. The first-order chi connectivity index (χ1) is 12.0. The summed E-state index contributed by atoms with van der Waals surface area (Å²) in [5, 5.41) is 0. The Balaban J connectivity index is 2.23. The molecule has 1 aromatic carbocycles. The molecule has 0 radical (unpaired) electrons. The number of rotatable bonds is 5. The van der Waals surface area contributed by atoms with Crippen molar-refractivity contribution in [1.29, 1.82) is 0 Å². The Bertz CT molecular complexity index is 798. The van der Waals surface area contributed by atoms with E-state index in [1.165, 1.54) is 27.8 Å². The Morgan fingerprint density at radius 1 is 0.920 bits per heavy atom. The van der Waals surface area contributed by atoms with Gasteiger partial charge in [0.05, 0.1) is 0 Å². The maximum absolute atomic E-state index is 12.5. The average Bonchev–Trinajstić information content (AvgIpc) is 3.08. The highest BCUT2D eigenvalue weighted by Crippen LogP contribution is 2.52. The molecule has 2 aliphatic carbocycles. The summed E-state index contributed by atoms with van der Waals surface area (Å²) in [6.45, 7) is 8.61. The van der Waals surface area contributed by atoms with Gasteiger partial charge < -0.3 is 0 Å². The molecule has 0 spiro atoms. The fourth-order valence-corrected chi connectivity index (χ4v) is 4.85. The van der Waals surface area contributed by atoms with Crippen molar-refractivity contribution in [3.63, 3.8) is 0 Å². The molecule has 3 nitrogen and oxygen atoms in total. The molecule has 3 rings (SSSR count). The van der Waals surface area contributed by atoms with Gasteiger partial charge in [0.2, 0.25) is 11.6 Å². The van der Waals surface area contributed by atoms with Crippen LogP contribution in [0.5, 0.6) is 0 Å². The van der Waals surface area contributed by atoms with Crippen molar-refractivity contribution in [2.24, 2.45) is 5.92 Å². The molecule has 1 aromatic rings. The van der Waals surface area contributed by atoms with Crippen LogP contribution in [0.4, 0.5) is 0 Å². The number of aryl methyl sites for hydroxylation is 1. The van der Waals surface area contributed by atoms with Crippen LogP contribution < -0.4 is 0 Å². The Hall–Kier alpha value is -2.03. The van der Waals surface area contributed by atoms with Gasteiger partial charge in [-0.05, 0) is 53.5 Å². The lowest BCUT2D eigenvalue weighted by Gasteiger charge is -2.22. The van der Waals surface area contributed by atoms with Gasteiger partial charge in [0.25, 0.3) is 5.78 Å². The van der Waals surface area contributed by atoms with E-state index in [4.69, 9.17) is 0 Å². The van der Waals surface area contributed by atoms with Crippen molar-refractivity contribution in [2.45, 2.75) is 65.7 Å². The molecule has 132 valence electrons. The number of Topliss-reactive ketones (excluding diaryl/α,β-unsaturated/α-hetero) is 3. The predicted molar refractivity (Wildman–Crippen MR) is 98.6 cm³/mol. The zero-order valence-corrected chi connectivity index (χ0v) is 15.6. The molecule has 2 unspecified atom stereocenters. The second kappa shape index (κ2) is 6.70. The maximum atomic E-state index is 12.5. The summed E-state index contributed by atoms with van der Waals surface area (Å²) in [4.78, 5) is 36.1. The Kier molecular flexibility index (Phi) is 4.77. The second-order valence-electron chi connectivity index (χ2n) is 6.99. The van der Waals surface area contributed by atoms with Crippen molar-refractivity contribution >= 4 is 22.9 Å². The molecule has 1 saturated carbocycles. The number of ketones is 3. The van der Waals surface area contributed by atoms with Crippen LogP contribution in [0, 0.1) is 5.92 Å². The van der Waals surface area contributed by atoms with Gasteiger partial charge >= 0.3 is 0 Å². The number of allylic oxidation sites excluding steroid dienone is 2. The normalized spacial score (nSPS) is 23.0. The van der Waals surface area contributed by atoms with Crippen molar-refractivity contribution in [3.05, 3.63) is 40.0 Å². The van der Waals surface area contributed by atoms with Crippen LogP contribution >= 0.6 is 0 Å². The maximum Gasteiger partial charge on any atom is 0.264 e. The molecular weight excluding hydrogens is 312 g/mol. The molecular formula is C22H26O3. The van der Waals surface area contributed by atoms with E-state index in [-0.39, 0.29) is 12.3 Å². The first kappa shape index (κ1) is 17.8. The van der Waals surface area contributed by atoms with E-state index < -0.39 is 23.3 Å². The first-order valence-electron chi connectivity index (χ1n) is 9.48. The number of hydrogen-bond acceptors (Lipinski definition) is 3. The number of carbonyl (C=O) groups is 3. The van der Waals surface area contributed by atoms with Gasteiger partial charge in [-0.15, -0.1) is 0 Å². The molecule has 0 amide bonds. The van der Waals surface area contributed by atoms with Crippen LogP contribution in [0.2, 0.25) is 0 Å². The molecule has 0 N–H and O–H groups in total. The summed E-state index contributed by atoms with van der Waals surface area (Å²) < 4.78 is 0. The van der Waals surface area contributed by atoms with Gasteiger partial charge in [0.1, 0.15) is 0 Å². The fraction of sp³-hybridized carbons (Fsp3) is 0.500. The van der Waals surface area contributed by atoms with E-state index in [1.807, 2.05) is 0 Å². The van der Waals surface area contributed by atoms with Gasteiger partial charge in [-0.2, -0.15) is 0 Å². The van der Waals surface area contributed by atoms with Crippen molar-refractivity contribution in [2.75, 3.05) is 0 Å². The van der Waals surface area contributed by atoms with Crippen LogP contribution in [0.15, 0.2) is 17.7 Å². The average molecular weight is 338 g/mol. The van der Waals surface area contributed by atoms with Crippen molar-refractivity contribution < 1.29 is 14.4 Å². The molecule has 1 fully saturated rings. The zero-order valence-electron chi connectivity index (χ0n) is 15.6. The van der Waals surface area contributed by atoms with E-state index in [9.17, 15) is 14.4 Å². The van der Waals surface area contributed by atoms with Crippen LogP contribution in [0.25, 0.3) is 5.57 Å². The van der Waals surface area contributed by atoms with E-state index in [2.05, 4.69) is 39.8 Å². The first-order valence-corrected chi connectivity index (χ1v) is 9.48. The van der Waals surface area contributed by atoms with Crippen LogP contribution in [0.1, 0.15) is 75.1 Å². The number of hydrogen-bond donors (Lipinski definition) is 0. The molecule has 0 aromatic heterocycles. The summed E-state index contributed by atoms with van der Waals surface area (Å²) in [5.41, 5.74) is 7.76. The molecule has 2 atom stereocenters. The number of carbonyl (C=O) groups excluding carboxylic acids is 3. The van der Waals surface area contributed by atoms with Gasteiger partial charge in [-0.25, -0.2) is 0 Å². The largest absolute Gasteiger partial charge is 0.290 e. The molecule has 2 aliphatic rings. The van der Waals surface area contributed by atoms with Gasteiger partial charge in [-0.1, -0.05) is 45.4 Å². The third-order valence-corrected chi connectivity index (χ3v) is 5.93. The van der Waals surface area contributed by atoms with Crippen LogP contribution in [-0.2, 0) is 27.2 Å². The van der Waals surface area contributed by atoms with E-state index >= 15 is 0 Å². The highest BCUT2D eigenvalue weighted by atomic mass is 16.2. The van der Waals surface area contributed by atoms with Crippen LogP contribution in [-0.4, -0.2) is 17.3 Å². The molecule has 25 heavy (non-hydrogen) atoms. The monoisotopic (exact) mass is 338 g/mol. The Morgan fingerprint density at radius 2 is 1.64 bits per heavy atom.